The number of Topliss-reactive ketones (excluding diaryl/α,β-unsaturated/α-hetero) is 1. The molecule has 0 radical (unpaired) electrons. The third-order valence-electron chi connectivity index (χ3n) is 3.93. The molecule has 0 bridgehead atoms. The molecule has 1 aromatic rings. The Hall–Kier alpha value is -0.820. The van der Waals surface area contributed by atoms with E-state index in [9.17, 15) is 4.79 Å². The molecule has 1 aliphatic carbocycles. The molecule has 17 heavy (non-hydrogen) atoms. The standard InChI is InChI=1S/C15H19ClO/c1-2-11-7-9-12(10-8-11)15(17)13-5-3-4-6-14(13)16/h3-6,11-12H,2,7-10H2,1H3. The molecule has 0 unspecified atom stereocenters. The second kappa shape index (κ2) is 5.68. The molecular weight excluding hydrogens is 232 g/mol. The average Bonchev–Trinajstić information content (AvgIpc) is 2.39. The van der Waals surface area contributed by atoms with Crippen LogP contribution in [0.25, 0.3) is 0 Å². The molecule has 1 nitrogen and oxygen atoms in total. The third-order valence-corrected chi connectivity index (χ3v) is 4.26. The van der Waals surface area contributed by atoms with Gasteiger partial charge in [-0.05, 0) is 43.7 Å². The summed E-state index contributed by atoms with van der Waals surface area (Å²) in [6, 6.07) is 7.40. The van der Waals surface area contributed by atoms with Crippen LogP contribution in [0.2, 0.25) is 5.02 Å². The highest BCUT2D eigenvalue weighted by Crippen LogP contribution is 2.33. The number of halogens is 1. The van der Waals surface area contributed by atoms with Crippen molar-refractivity contribution in [2.45, 2.75) is 39.0 Å². The maximum atomic E-state index is 12.3. The molecule has 1 aliphatic rings. The summed E-state index contributed by atoms with van der Waals surface area (Å²) in [4.78, 5) is 12.3. The maximum absolute atomic E-state index is 12.3. The molecule has 2 heteroatoms. The minimum Gasteiger partial charge on any atom is -0.294 e. The van der Waals surface area contributed by atoms with Gasteiger partial charge in [-0.15, -0.1) is 0 Å². The molecule has 0 heterocycles. The van der Waals surface area contributed by atoms with E-state index in [1.165, 1.54) is 19.3 Å². The number of carbonyl (C=O) groups is 1. The molecule has 92 valence electrons. The van der Waals surface area contributed by atoms with E-state index >= 15 is 0 Å². The number of carbonyl (C=O) groups excluding carboxylic acids is 1. The van der Waals surface area contributed by atoms with Gasteiger partial charge in [-0.3, -0.25) is 4.79 Å². The normalized spacial score (nSPS) is 24.6. The lowest BCUT2D eigenvalue weighted by molar-refractivity contribution is 0.0871. The van der Waals surface area contributed by atoms with Crippen molar-refractivity contribution in [3.63, 3.8) is 0 Å². The van der Waals surface area contributed by atoms with Crippen molar-refractivity contribution in [3.8, 4) is 0 Å². The molecule has 0 aromatic heterocycles. The van der Waals surface area contributed by atoms with E-state index in [1.54, 1.807) is 6.07 Å². The lowest BCUT2D eigenvalue weighted by Crippen LogP contribution is -2.22. The van der Waals surface area contributed by atoms with E-state index in [4.69, 9.17) is 11.6 Å². The Labute approximate surface area is 108 Å². The molecule has 0 spiro atoms. The van der Waals surface area contributed by atoms with E-state index in [1.807, 2.05) is 18.2 Å². The summed E-state index contributed by atoms with van der Waals surface area (Å²) < 4.78 is 0. The molecular formula is C15H19ClO. The van der Waals surface area contributed by atoms with Crippen molar-refractivity contribution in [2.75, 3.05) is 0 Å². The average molecular weight is 251 g/mol. The van der Waals surface area contributed by atoms with Crippen LogP contribution in [-0.2, 0) is 0 Å². The van der Waals surface area contributed by atoms with Gasteiger partial charge in [0.15, 0.2) is 5.78 Å². The Kier molecular flexibility index (Phi) is 4.22. The Bertz CT molecular complexity index is 392. The molecule has 0 amide bonds. The quantitative estimate of drug-likeness (QED) is 0.709. The van der Waals surface area contributed by atoms with E-state index < -0.39 is 0 Å². The first-order chi connectivity index (χ1) is 8.22. The van der Waals surface area contributed by atoms with Crippen LogP contribution in [0.15, 0.2) is 24.3 Å². The summed E-state index contributed by atoms with van der Waals surface area (Å²) in [5.41, 5.74) is 0.703. The van der Waals surface area contributed by atoms with Gasteiger partial charge in [0, 0.05) is 11.5 Å². The number of rotatable bonds is 3. The van der Waals surface area contributed by atoms with Crippen LogP contribution in [0, 0.1) is 11.8 Å². The van der Waals surface area contributed by atoms with Crippen LogP contribution < -0.4 is 0 Å². The zero-order valence-electron chi connectivity index (χ0n) is 10.3. The van der Waals surface area contributed by atoms with Gasteiger partial charge in [0.25, 0.3) is 0 Å². The number of hydrogen-bond acceptors (Lipinski definition) is 1. The molecule has 1 fully saturated rings. The lowest BCUT2D eigenvalue weighted by atomic mass is 9.78. The second-order valence-corrected chi connectivity index (χ2v) is 5.38. The van der Waals surface area contributed by atoms with Gasteiger partial charge in [-0.2, -0.15) is 0 Å². The fraction of sp³-hybridized carbons (Fsp3) is 0.533. The van der Waals surface area contributed by atoms with Gasteiger partial charge in [0.2, 0.25) is 0 Å². The zero-order chi connectivity index (χ0) is 12.3. The summed E-state index contributed by atoms with van der Waals surface area (Å²) in [6.45, 7) is 2.24. The van der Waals surface area contributed by atoms with E-state index in [0.717, 1.165) is 18.8 Å². The van der Waals surface area contributed by atoms with Crippen molar-refractivity contribution in [1.29, 1.82) is 0 Å². The van der Waals surface area contributed by atoms with Gasteiger partial charge in [0.05, 0.1) is 5.02 Å². The fourth-order valence-corrected chi connectivity index (χ4v) is 2.94. The minimum atomic E-state index is 0.192. The van der Waals surface area contributed by atoms with Gasteiger partial charge in [0.1, 0.15) is 0 Å². The fourth-order valence-electron chi connectivity index (χ4n) is 2.71. The van der Waals surface area contributed by atoms with Crippen LogP contribution >= 0.6 is 11.6 Å². The van der Waals surface area contributed by atoms with E-state index in [2.05, 4.69) is 6.92 Å². The summed E-state index contributed by atoms with van der Waals surface area (Å²) in [5, 5.41) is 0.593. The van der Waals surface area contributed by atoms with Crippen molar-refractivity contribution < 1.29 is 4.79 Å². The predicted molar refractivity (Wildman–Crippen MR) is 71.5 cm³/mol. The van der Waals surface area contributed by atoms with Crippen LogP contribution in [0.1, 0.15) is 49.4 Å². The highest BCUT2D eigenvalue weighted by molar-refractivity contribution is 6.34. The van der Waals surface area contributed by atoms with E-state index in [0.29, 0.717) is 10.6 Å². The Morgan fingerprint density at radius 3 is 2.47 bits per heavy atom. The molecule has 0 N–H and O–H groups in total. The summed E-state index contributed by atoms with van der Waals surface area (Å²) in [5.74, 6) is 1.26. The highest BCUT2D eigenvalue weighted by atomic mass is 35.5. The molecule has 0 aliphatic heterocycles. The summed E-state index contributed by atoms with van der Waals surface area (Å²) >= 11 is 6.07. The van der Waals surface area contributed by atoms with Crippen LogP contribution in [0.5, 0.6) is 0 Å². The predicted octanol–water partition coefficient (Wildman–Crippen LogP) is 4.74. The third kappa shape index (κ3) is 2.90. The number of ketones is 1. The highest BCUT2D eigenvalue weighted by Gasteiger charge is 2.27. The first-order valence-electron chi connectivity index (χ1n) is 6.51. The van der Waals surface area contributed by atoms with Crippen molar-refractivity contribution >= 4 is 17.4 Å². The van der Waals surface area contributed by atoms with Crippen molar-refractivity contribution in [3.05, 3.63) is 34.9 Å². The van der Waals surface area contributed by atoms with Crippen molar-refractivity contribution in [1.82, 2.24) is 0 Å². The number of benzene rings is 1. The Morgan fingerprint density at radius 2 is 1.88 bits per heavy atom. The Morgan fingerprint density at radius 1 is 1.24 bits per heavy atom. The lowest BCUT2D eigenvalue weighted by Gasteiger charge is -2.27. The minimum absolute atomic E-state index is 0.192. The molecule has 1 saturated carbocycles. The Balaban J connectivity index is 2.04. The first kappa shape index (κ1) is 12.6. The largest absolute Gasteiger partial charge is 0.294 e. The number of hydrogen-bond donors (Lipinski definition) is 0. The molecule has 0 saturated heterocycles. The van der Waals surface area contributed by atoms with Gasteiger partial charge >= 0.3 is 0 Å². The summed E-state index contributed by atoms with van der Waals surface area (Å²) in [6.07, 6.45) is 5.69. The molecule has 1 aromatic carbocycles. The van der Waals surface area contributed by atoms with Crippen LogP contribution in [-0.4, -0.2) is 5.78 Å². The zero-order valence-corrected chi connectivity index (χ0v) is 11.0. The summed E-state index contributed by atoms with van der Waals surface area (Å²) in [7, 11) is 0. The smallest absolute Gasteiger partial charge is 0.167 e. The topological polar surface area (TPSA) is 17.1 Å². The van der Waals surface area contributed by atoms with E-state index in [-0.39, 0.29) is 11.7 Å². The first-order valence-corrected chi connectivity index (χ1v) is 6.89. The molecule has 0 atom stereocenters. The maximum Gasteiger partial charge on any atom is 0.167 e. The van der Waals surface area contributed by atoms with Gasteiger partial charge in [-0.25, -0.2) is 0 Å². The second-order valence-electron chi connectivity index (χ2n) is 4.97. The van der Waals surface area contributed by atoms with Gasteiger partial charge < -0.3 is 0 Å². The SMILES string of the molecule is CCC1CCC(C(=O)c2ccccc2Cl)CC1. The van der Waals surface area contributed by atoms with Crippen LogP contribution in [0.4, 0.5) is 0 Å². The monoisotopic (exact) mass is 250 g/mol. The van der Waals surface area contributed by atoms with Gasteiger partial charge in [-0.1, -0.05) is 37.1 Å². The van der Waals surface area contributed by atoms with Crippen molar-refractivity contribution in [2.24, 2.45) is 11.8 Å². The van der Waals surface area contributed by atoms with Crippen LogP contribution in [0.3, 0.4) is 0 Å². The molecule has 2 rings (SSSR count).